The summed E-state index contributed by atoms with van der Waals surface area (Å²) in [6.45, 7) is -0.437. The van der Waals surface area contributed by atoms with Crippen LogP contribution in [0.25, 0.3) is 0 Å². The van der Waals surface area contributed by atoms with Gasteiger partial charge in [-0.25, -0.2) is 4.79 Å². The number of rotatable bonds is 9. The summed E-state index contributed by atoms with van der Waals surface area (Å²) in [5.74, 6) is -2.09. The second-order valence-corrected chi connectivity index (χ2v) is 6.31. The Labute approximate surface area is 170 Å². The number of methoxy groups -OCH3 is 1. The van der Waals surface area contributed by atoms with Crippen LogP contribution in [-0.2, 0) is 27.4 Å². The molecule has 11 nitrogen and oxygen atoms in total. The monoisotopic (exact) mass is 416 g/mol. The molecule has 2 aromatic rings. The predicted octanol–water partition coefficient (Wildman–Crippen LogP) is 0.447. The second-order valence-electron chi connectivity index (χ2n) is 6.31. The van der Waals surface area contributed by atoms with E-state index >= 15 is 0 Å². The van der Waals surface area contributed by atoms with Crippen molar-refractivity contribution in [3.8, 4) is 0 Å². The molecule has 1 aromatic heterocycles. The van der Waals surface area contributed by atoms with Crippen LogP contribution in [0, 0.1) is 10.1 Å². The highest BCUT2D eigenvalue weighted by molar-refractivity contribution is 5.89. The highest BCUT2D eigenvalue weighted by Gasteiger charge is 2.23. The first-order valence-corrected chi connectivity index (χ1v) is 8.80. The number of esters is 1. The normalized spacial score (nSPS) is 10.3. The molecule has 11 heteroatoms. The molecule has 0 saturated heterocycles. The molecule has 0 spiro atoms. The van der Waals surface area contributed by atoms with Crippen molar-refractivity contribution in [2.75, 3.05) is 13.7 Å². The third kappa shape index (κ3) is 5.74. The van der Waals surface area contributed by atoms with Gasteiger partial charge in [-0.15, -0.1) is 0 Å². The maximum Gasteiger partial charge on any atom is 0.339 e. The average Bonchev–Trinajstić information content (AvgIpc) is 2.72. The van der Waals surface area contributed by atoms with Crippen molar-refractivity contribution < 1.29 is 24.0 Å². The first kappa shape index (κ1) is 22.3. The fourth-order valence-corrected chi connectivity index (χ4v) is 2.68. The van der Waals surface area contributed by atoms with Gasteiger partial charge in [0.1, 0.15) is 6.54 Å². The Morgan fingerprint density at radius 1 is 1.23 bits per heavy atom. The molecule has 0 fully saturated rings. The molecule has 0 unspecified atom stereocenters. The number of pyridine rings is 1. The highest BCUT2D eigenvalue weighted by atomic mass is 16.6. The van der Waals surface area contributed by atoms with E-state index in [9.17, 15) is 29.3 Å². The molecular formula is C19H20N4O7. The minimum Gasteiger partial charge on any atom is -0.465 e. The zero-order valence-electron chi connectivity index (χ0n) is 16.1. The van der Waals surface area contributed by atoms with Crippen LogP contribution in [0.2, 0.25) is 0 Å². The van der Waals surface area contributed by atoms with Gasteiger partial charge in [0.2, 0.25) is 11.8 Å². The van der Waals surface area contributed by atoms with Gasteiger partial charge in [-0.05, 0) is 5.56 Å². The number of primary amides is 1. The van der Waals surface area contributed by atoms with E-state index in [1.165, 1.54) is 4.90 Å². The molecule has 2 N–H and O–H groups in total. The molecule has 0 radical (unpaired) electrons. The standard InChI is InChI=1S/C19H20N4O7/c1-30-19(27)14-9-15(23(28)29)18(26)22(11-14)12-17(25)21(8-7-16(20)24)10-13-5-3-2-4-6-13/h2-6,9,11H,7-8,10,12H2,1H3,(H2,20,24). The van der Waals surface area contributed by atoms with E-state index in [2.05, 4.69) is 4.74 Å². The van der Waals surface area contributed by atoms with Gasteiger partial charge in [-0.3, -0.25) is 29.1 Å². The Kier molecular flexibility index (Phi) is 7.39. The molecule has 0 aliphatic rings. The molecule has 0 bridgehead atoms. The Balaban J connectivity index is 2.36. The zero-order valence-corrected chi connectivity index (χ0v) is 16.1. The van der Waals surface area contributed by atoms with Crippen LogP contribution in [0.3, 0.4) is 0 Å². The Hall–Kier alpha value is -4.02. The molecule has 2 amide bonds. The van der Waals surface area contributed by atoms with E-state index in [4.69, 9.17) is 5.73 Å². The Morgan fingerprint density at radius 3 is 2.47 bits per heavy atom. The minimum atomic E-state index is -1.05. The molecule has 2 rings (SSSR count). The van der Waals surface area contributed by atoms with E-state index in [-0.39, 0.29) is 25.1 Å². The number of amides is 2. The lowest BCUT2D eigenvalue weighted by atomic mass is 10.2. The first-order valence-electron chi connectivity index (χ1n) is 8.80. The van der Waals surface area contributed by atoms with Crippen molar-refractivity contribution in [1.82, 2.24) is 9.47 Å². The molecule has 0 saturated carbocycles. The van der Waals surface area contributed by atoms with Gasteiger partial charge in [-0.1, -0.05) is 30.3 Å². The first-order chi connectivity index (χ1) is 14.2. The van der Waals surface area contributed by atoms with E-state index in [0.717, 1.165) is 29.5 Å². The van der Waals surface area contributed by atoms with Crippen LogP contribution in [-0.4, -0.2) is 45.8 Å². The highest BCUT2D eigenvalue weighted by Crippen LogP contribution is 2.11. The fourth-order valence-electron chi connectivity index (χ4n) is 2.68. The Morgan fingerprint density at radius 2 is 1.90 bits per heavy atom. The summed E-state index contributed by atoms with van der Waals surface area (Å²) in [5.41, 5.74) is 3.79. The van der Waals surface area contributed by atoms with Gasteiger partial charge >= 0.3 is 17.2 Å². The number of benzene rings is 1. The van der Waals surface area contributed by atoms with Gasteiger partial charge in [-0.2, -0.15) is 0 Å². The minimum absolute atomic E-state index is 0.00338. The average molecular weight is 416 g/mol. The SMILES string of the molecule is COC(=O)c1cc([N+](=O)[O-])c(=O)n(CC(=O)N(CCC(N)=O)Cc2ccccc2)c1. The summed E-state index contributed by atoms with van der Waals surface area (Å²) in [6, 6.07) is 9.71. The number of carbonyl (C=O) groups is 3. The van der Waals surface area contributed by atoms with Gasteiger partial charge < -0.3 is 15.4 Å². The van der Waals surface area contributed by atoms with Crippen LogP contribution in [0.4, 0.5) is 5.69 Å². The molecule has 30 heavy (non-hydrogen) atoms. The predicted molar refractivity (Wildman–Crippen MR) is 104 cm³/mol. The van der Waals surface area contributed by atoms with Crippen molar-refractivity contribution in [2.45, 2.75) is 19.5 Å². The van der Waals surface area contributed by atoms with Crippen LogP contribution < -0.4 is 11.3 Å². The lowest BCUT2D eigenvalue weighted by molar-refractivity contribution is -0.386. The summed E-state index contributed by atoms with van der Waals surface area (Å²) in [6.07, 6.45) is 0.920. The molecule has 1 aromatic carbocycles. The topological polar surface area (TPSA) is 155 Å². The van der Waals surface area contributed by atoms with Crippen LogP contribution in [0.15, 0.2) is 47.4 Å². The maximum atomic E-state index is 12.8. The largest absolute Gasteiger partial charge is 0.465 e. The Bertz CT molecular complexity index is 1020. The quantitative estimate of drug-likeness (QED) is 0.353. The van der Waals surface area contributed by atoms with E-state index < -0.39 is 40.5 Å². The van der Waals surface area contributed by atoms with Gasteiger partial charge in [0.25, 0.3) is 0 Å². The lowest BCUT2D eigenvalue weighted by Crippen LogP contribution is -2.38. The summed E-state index contributed by atoms with van der Waals surface area (Å²) in [7, 11) is 1.08. The third-order valence-corrected chi connectivity index (χ3v) is 4.19. The lowest BCUT2D eigenvalue weighted by Gasteiger charge is -2.23. The zero-order chi connectivity index (χ0) is 22.3. The van der Waals surface area contributed by atoms with Crippen LogP contribution in [0.5, 0.6) is 0 Å². The van der Waals surface area contributed by atoms with E-state index in [0.29, 0.717) is 0 Å². The number of hydrogen-bond donors (Lipinski definition) is 1. The molecular weight excluding hydrogens is 396 g/mol. The summed E-state index contributed by atoms with van der Waals surface area (Å²) >= 11 is 0. The van der Waals surface area contributed by atoms with Crippen molar-refractivity contribution in [2.24, 2.45) is 5.73 Å². The van der Waals surface area contributed by atoms with Crippen molar-refractivity contribution in [3.05, 3.63) is 74.2 Å². The van der Waals surface area contributed by atoms with Crippen LogP contribution in [0.1, 0.15) is 22.3 Å². The number of ether oxygens (including phenoxy) is 1. The molecule has 1 heterocycles. The number of aromatic nitrogens is 1. The number of hydrogen-bond acceptors (Lipinski definition) is 7. The number of carbonyl (C=O) groups excluding carboxylic acids is 3. The van der Waals surface area contributed by atoms with E-state index in [1.807, 2.05) is 0 Å². The second kappa shape index (κ2) is 9.96. The third-order valence-electron chi connectivity index (χ3n) is 4.19. The van der Waals surface area contributed by atoms with E-state index in [1.54, 1.807) is 30.3 Å². The summed E-state index contributed by atoms with van der Waals surface area (Å²) in [5, 5.41) is 11.2. The molecule has 0 aliphatic heterocycles. The maximum absolute atomic E-state index is 12.8. The van der Waals surface area contributed by atoms with Gasteiger partial charge in [0, 0.05) is 31.8 Å². The molecule has 0 aliphatic carbocycles. The summed E-state index contributed by atoms with van der Waals surface area (Å²) in [4.78, 5) is 59.7. The fraction of sp³-hybridized carbons (Fsp3) is 0.263. The summed E-state index contributed by atoms with van der Waals surface area (Å²) < 4.78 is 5.31. The smallest absolute Gasteiger partial charge is 0.339 e. The van der Waals surface area contributed by atoms with Crippen molar-refractivity contribution in [1.29, 1.82) is 0 Å². The van der Waals surface area contributed by atoms with Crippen molar-refractivity contribution in [3.63, 3.8) is 0 Å². The molecule has 158 valence electrons. The van der Waals surface area contributed by atoms with Crippen molar-refractivity contribution >= 4 is 23.5 Å². The number of nitrogens with two attached hydrogens (primary N) is 1. The number of nitrogens with zero attached hydrogens (tertiary/aromatic N) is 3. The van der Waals surface area contributed by atoms with Gasteiger partial charge in [0.15, 0.2) is 0 Å². The van der Waals surface area contributed by atoms with Crippen LogP contribution >= 0.6 is 0 Å². The molecule has 0 atom stereocenters. The number of nitro groups is 1. The van der Waals surface area contributed by atoms with Gasteiger partial charge in [0.05, 0.1) is 17.6 Å².